The Kier molecular flexibility index (Phi) is 2.79. The minimum atomic E-state index is -0.753. The highest BCUT2D eigenvalue weighted by atomic mass is 16.7. The topological polar surface area (TPSA) is 35.5 Å². The van der Waals surface area contributed by atoms with E-state index in [4.69, 9.17) is 9.47 Å². The van der Waals surface area contributed by atoms with Gasteiger partial charge in [-0.15, -0.1) is 0 Å². The highest BCUT2D eigenvalue weighted by molar-refractivity contribution is 5.51. The highest BCUT2D eigenvalue weighted by Crippen LogP contribution is 2.23. The summed E-state index contributed by atoms with van der Waals surface area (Å²) >= 11 is 0. The number of allylic oxidation sites excluding steroid dienone is 1. The number of aldehydes is 1. The Labute approximate surface area is 66.0 Å². The first-order valence-electron chi connectivity index (χ1n) is 3.68. The molecule has 0 radical (unpaired) electrons. The van der Waals surface area contributed by atoms with E-state index < -0.39 is 5.79 Å². The van der Waals surface area contributed by atoms with Gasteiger partial charge in [-0.25, -0.2) is 0 Å². The maximum atomic E-state index is 10.2. The fraction of sp³-hybridized carbons (Fsp3) is 0.625. The molecule has 0 aromatic rings. The molecule has 0 atom stereocenters. The summed E-state index contributed by atoms with van der Waals surface area (Å²) in [5.74, 6) is -0.753. The Morgan fingerprint density at radius 2 is 2.09 bits per heavy atom. The van der Waals surface area contributed by atoms with Gasteiger partial charge in [0.15, 0.2) is 5.79 Å². The van der Waals surface area contributed by atoms with E-state index in [1.165, 1.54) is 0 Å². The van der Waals surface area contributed by atoms with E-state index >= 15 is 0 Å². The summed E-state index contributed by atoms with van der Waals surface area (Å²) < 4.78 is 10.6. The summed E-state index contributed by atoms with van der Waals surface area (Å²) in [5, 5.41) is 0. The molecule has 1 fully saturated rings. The molecule has 62 valence electrons. The molecule has 1 aliphatic heterocycles. The smallest absolute Gasteiger partial charge is 0.194 e. The fourth-order valence-electron chi connectivity index (χ4n) is 1.12. The van der Waals surface area contributed by atoms with Crippen LogP contribution >= 0.6 is 0 Å². The van der Waals surface area contributed by atoms with Crippen LogP contribution in [0.25, 0.3) is 0 Å². The molecule has 1 heterocycles. The van der Waals surface area contributed by atoms with Gasteiger partial charge in [-0.3, -0.25) is 0 Å². The van der Waals surface area contributed by atoms with Crippen LogP contribution in [0.2, 0.25) is 0 Å². The summed E-state index contributed by atoms with van der Waals surface area (Å²) in [7, 11) is 0. The molecule has 3 nitrogen and oxygen atoms in total. The molecule has 3 heteroatoms. The molecule has 0 bridgehead atoms. The Hall–Kier alpha value is -0.670. The lowest BCUT2D eigenvalue weighted by Gasteiger charge is -2.20. The maximum Gasteiger partial charge on any atom is 0.194 e. The Balaban J connectivity index is 2.61. The summed E-state index contributed by atoms with van der Waals surface area (Å²) in [4.78, 5) is 10.2. The average molecular weight is 156 g/mol. The predicted molar refractivity (Wildman–Crippen MR) is 40.1 cm³/mol. The normalized spacial score (nSPS) is 22.6. The lowest BCUT2D eigenvalue weighted by Crippen LogP contribution is -2.27. The zero-order chi connectivity index (χ0) is 8.16. The molecule has 1 aliphatic rings. The molecule has 0 N–H and O–H groups in total. The first-order chi connectivity index (χ1) is 5.33. The predicted octanol–water partition coefficient (Wildman–Crippen LogP) is 0.895. The van der Waals surface area contributed by atoms with Crippen LogP contribution in [0.3, 0.4) is 0 Å². The lowest BCUT2D eigenvalue weighted by atomic mass is 10.2. The van der Waals surface area contributed by atoms with Crippen LogP contribution in [0.5, 0.6) is 0 Å². The van der Waals surface area contributed by atoms with Crippen molar-refractivity contribution >= 4 is 6.29 Å². The van der Waals surface area contributed by atoms with Gasteiger partial charge in [0.1, 0.15) is 6.29 Å². The van der Waals surface area contributed by atoms with Crippen molar-refractivity contribution in [1.29, 1.82) is 0 Å². The molecule has 1 rings (SSSR count). The van der Waals surface area contributed by atoms with E-state index in [1.54, 1.807) is 6.08 Å². The van der Waals surface area contributed by atoms with Crippen molar-refractivity contribution in [3.05, 3.63) is 12.2 Å². The van der Waals surface area contributed by atoms with Gasteiger partial charge < -0.3 is 14.3 Å². The van der Waals surface area contributed by atoms with Crippen molar-refractivity contribution in [2.24, 2.45) is 0 Å². The van der Waals surface area contributed by atoms with E-state index in [-0.39, 0.29) is 6.42 Å². The number of hydrogen-bond donors (Lipinski definition) is 0. The van der Waals surface area contributed by atoms with Gasteiger partial charge in [-0.05, 0) is 13.0 Å². The molecule has 0 aromatic carbocycles. The van der Waals surface area contributed by atoms with Crippen LogP contribution in [-0.2, 0) is 14.3 Å². The van der Waals surface area contributed by atoms with Crippen molar-refractivity contribution in [3.8, 4) is 0 Å². The van der Waals surface area contributed by atoms with Crippen molar-refractivity contribution in [3.63, 3.8) is 0 Å². The monoisotopic (exact) mass is 156 g/mol. The summed E-state index contributed by atoms with van der Waals surface area (Å²) in [6, 6.07) is 0. The van der Waals surface area contributed by atoms with E-state index in [9.17, 15) is 4.79 Å². The Bertz CT molecular complexity index is 157. The second-order valence-corrected chi connectivity index (χ2v) is 2.38. The Morgan fingerprint density at radius 1 is 1.45 bits per heavy atom. The van der Waals surface area contributed by atoms with Crippen LogP contribution < -0.4 is 0 Å². The van der Waals surface area contributed by atoms with E-state index in [2.05, 4.69) is 0 Å². The van der Waals surface area contributed by atoms with E-state index in [0.717, 1.165) is 6.29 Å². The van der Waals surface area contributed by atoms with Crippen molar-refractivity contribution in [2.75, 3.05) is 13.2 Å². The van der Waals surface area contributed by atoms with Gasteiger partial charge in [-0.2, -0.15) is 0 Å². The first-order valence-corrected chi connectivity index (χ1v) is 3.68. The zero-order valence-corrected chi connectivity index (χ0v) is 6.58. The van der Waals surface area contributed by atoms with Gasteiger partial charge in [-0.1, -0.05) is 6.08 Å². The molecule has 0 spiro atoms. The number of rotatable bonds is 3. The third-order valence-corrected chi connectivity index (χ3v) is 1.56. The quantitative estimate of drug-likeness (QED) is 0.449. The SMILES string of the molecule is CC=CC1(CC=O)OCCO1. The van der Waals surface area contributed by atoms with Crippen molar-refractivity contribution < 1.29 is 14.3 Å². The number of ether oxygens (including phenoxy) is 2. The standard InChI is InChI=1S/C8H12O3/c1-2-3-8(4-5-9)10-6-7-11-8/h2-3,5H,4,6-7H2,1H3. The third kappa shape index (κ3) is 1.88. The minimum Gasteiger partial charge on any atom is -0.344 e. The highest BCUT2D eigenvalue weighted by Gasteiger charge is 2.32. The van der Waals surface area contributed by atoms with Crippen molar-refractivity contribution in [1.82, 2.24) is 0 Å². The lowest BCUT2D eigenvalue weighted by molar-refractivity contribution is -0.135. The summed E-state index contributed by atoms with van der Waals surface area (Å²) in [5.41, 5.74) is 0. The number of carbonyl (C=O) groups excluding carboxylic acids is 1. The van der Waals surface area contributed by atoms with E-state index in [1.807, 2.05) is 13.0 Å². The van der Waals surface area contributed by atoms with Crippen LogP contribution in [0.1, 0.15) is 13.3 Å². The molecule has 0 unspecified atom stereocenters. The van der Waals surface area contributed by atoms with Gasteiger partial charge in [0, 0.05) is 0 Å². The van der Waals surface area contributed by atoms with E-state index in [0.29, 0.717) is 13.2 Å². The number of hydrogen-bond acceptors (Lipinski definition) is 3. The average Bonchev–Trinajstić information content (AvgIpc) is 2.39. The van der Waals surface area contributed by atoms with Crippen LogP contribution in [-0.4, -0.2) is 25.3 Å². The van der Waals surface area contributed by atoms with Crippen LogP contribution in [0, 0.1) is 0 Å². The van der Waals surface area contributed by atoms with Gasteiger partial charge >= 0.3 is 0 Å². The molecule has 0 aromatic heterocycles. The third-order valence-electron chi connectivity index (χ3n) is 1.56. The first kappa shape index (κ1) is 8.43. The zero-order valence-electron chi connectivity index (χ0n) is 6.58. The molecular weight excluding hydrogens is 144 g/mol. The van der Waals surface area contributed by atoms with Crippen LogP contribution in [0.4, 0.5) is 0 Å². The van der Waals surface area contributed by atoms with Gasteiger partial charge in [0.2, 0.25) is 0 Å². The molecule has 0 amide bonds. The number of carbonyl (C=O) groups is 1. The Morgan fingerprint density at radius 3 is 2.55 bits per heavy atom. The molecule has 0 aliphatic carbocycles. The molecule has 11 heavy (non-hydrogen) atoms. The largest absolute Gasteiger partial charge is 0.344 e. The second kappa shape index (κ2) is 3.64. The molecular formula is C8H12O3. The van der Waals surface area contributed by atoms with Gasteiger partial charge in [0.05, 0.1) is 19.6 Å². The summed E-state index contributed by atoms with van der Waals surface area (Å²) in [6.07, 6.45) is 4.69. The minimum absolute atomic E-state index is 0.275. The van der Waals surface area contributed by atoms with Gasteiger partial charge in [0.25, 0.3) is 0 Å². The second-order valence-electron chi connectivity index (χ2n) is 2.38. The molecule has 0 saturated carbocycles. The molecule has 1 saturated heterocycles. The summed E-state index contributed by atoms with van der Waals surface area (Å²) in [6.45, 7) is 3.01. The van der Waals surface area contributed by atoms with Crippen LogP contribution in [0.15, 0.2) is 12.2 Å². The van der Waals surface area contributed by atoms with Crippen molar-refractivity contribution in [2.45, 2.75) is 19.1 Å². The maximum absolute atomic E-state index is 10.2. The fourth-order valence-corrected chi connectivity index (χ4v) is 1.12.